The first-order valence-corrected chi connectivity index (χ1v) is 6.50. The van der Waals surface area contributed by atoms with Gasteiger partial charge in [-0.3, -0.25) is 14.8 Å². The van der Waals surface area contributed by atoms with E-state index in [-0.39, 0.29) is 24.7 Å². The van der Waals surface area contributed by atoms with Crippen LogP contribution in [-0.4, -0.2) is 19.8 Å². The van der Waals surface area contributed by atoms with E-state index in [0.29, 0.717) is 22.0 Å². The predicted octanol–water partition coefficient (Wildman–Crippen LogP) is 2.36. The van der Waals surface area contributed by atoms with Crippen molar-refractivity contribution >= 4 is 17.3 Å². The minimum Gasteiger partial charge on any atom is -0.482 e. The summed E-state index contributed by atoms with van der Waals surface area (Å²) >= 11 is 6.09. The number of aliphatic hydroxyl groups is 1. The zero-order valence-electron chi connectivity index (χ0n) is 11.5. The van der Waals surface area contributed by atoms with Crippen LogP contribution in [0.3, 0.4) is 0 Å². The first-order chi connectivity index (χ1) is 9.93. The Morgan fingerprint density at radius 2 is 2.24 bits per heavy atom. The van der Waals surface area contributed by atoms with Gasteiger partial charge in [0.05, 0.1) is 17.2 Å². The third-order valence-electron chi connectivity index (χ3n) is 3.05. The lowest BCUT2D eigenvalue weighted by Gasteiger charge is -2.08. The van der Waals surface area contributed by atoms with Crippen LogP contribution in [0.2, 0.25) is 5.15 Å². The molecular formula is C13H14ClN3O4. The minimum absolute atomic E-state index is 0.0637. The fourth-order valence-electron chi connectivity index (χ4n) is 1.91. The number of hydrogen-bond acceptors (Lipinski definition) is 5. The Morgan fingerprint density at radius 3 is 2.76 bits per heavy atom. The largest absolute Gasteiger partial charge is 0.482 e. The molecule has 0 unspecified atom stereocenters. The second-order valence-electron chi connectivity index (χ2n) is 4.48. The number of hydrogen-bond donors (Lipinski definition) is 1. The predicted molar refractivity (Wildman–Crippen MR) is 76.3 cm³/mol. The molecule has 0 aliphatic rings. The van der Waals surface area contributed by atoms with Gasteiger partial charge in [0.25, 0.3) is 0 Å². The Balaban J connectivity index is 2.28. The summed E-state index contributed by atoms with van der Waals surface area (Å²) in [7, 11) is 1.70. The molecule has 7 nitrogen and oxygen atoms in total. The fraction of sp³-hybridized carbons (Fsp3) is 0.308. The molecule has 112 valence electrons. The lowest BCUT2D eigenvalue weighted by molar-refractivity contribution is -0.386. The van der Waals surface area contributed by atoms with Crippen molar-refractivity contribution in [3.8, 4) is 5.75 Å². The van der Waals surface area contributed by atoms with Gasteiger partial charge >= 0.3 is 5.69 Å². The molecule has 0 fully saturated rings. The van der Waals surface area contributed by atoms with Gasteiger partial charge < -0.3 is 9.84 Å². The number of aliphatic hydroxyl groups excluding tert-OH is 1. The van der Waals surface area contributed by atoms with Crippen LogP contribution in [0.25, 0.3) is 0 Å². The molecule has 0 saturated carbocycles. The zero-order chi connectivity index (χ0) is 15.6. The maximum absolute atomic E-state index is 11.0. The molecule has 0 aliphatic carbocycles. The van der Waals surface area contributed by atoms with Crippen LogP contribution in [0.1, 0.15) is 16.8 Å². The van der Waals surface area contributed by atoms with Crippen molar-refractivity contribution in [1.82, 2.24) is 9.78 Å². The lowest BCUT2D eigenvalue weighted by Crippen LogP contribution is -2.01. The molecular weight excluding hydrogens is 298 g/mol. The van der Waals surface area contributed by atoms with E-state index in [1.54, 1.807) is 14.0 Å². The van der Waals surface area contributed by atoms with E-state index in [2.05, 4.69) is 5.10 Å². The quantitative estimate of drug-likeness (QED) is 0.676. The van der Waals surface area contributed by atoms with E-state index in [4.69, 9.17) is 21.4 Å². The number of aryl methyl sites for hydroxylation is 2. The summed E-state index contributed by atoms with van der Waals surface area (Å²) in [5, 5.41) is 24.7. The van der Waals surface area contributed by atoms with E-state index >= 15 is 0 Å². The highest BCUT2D eigenvalue weighted by Crippen LogP contribution is 2.30. The summed E-state index contributed by atoms with van der Waals surface area (Å²) in [4.78, 5) is 10.5. The number of rotatable bonds is 5. The van der Waals surface area contributed by atoms with Crippen LogP contribution in [0.4, 0.5) is 5.69 Å². The summed E-state index contributed by atoms with van der Waals surface area (Å²) in [6.45, 7) is 1.62. The Hall–Kier alpha value is -2.12. The van der Waals surface area contributed by atoms with Gasteiger partial charge in [-0.15, -0.1) is 0 Å². The van der Waals surface area contributed by atoms with Crippen LogP contribution < -0.4 is 4.74 Å². The summed E-state index contributed by atoms with van der Waals surface area (Å²) < 4.78 is 7.02. The first-order valence-electron chi connectivity index (χ1n) is 6.13. The van der Waals surface area contributed by atoms with E-state index in [0.717, 1.165) is 0 Å². The van der Waals surface area contributed by atoms with E-state index in [1.807, 2.05) is 0 Å². The zero-order valence-corrected chi connectivity index (χ0v) is 12.3. The number of ether oxygens (including phenoxy) is 1. The van der Waals surface area contributed by atoms with Crippen molar-refractivity contribution in [3.63, 3.8) is 0 Å². The van der Waals surface area contributed by atoms with Crippen molar-refractivity contribution < 1.29 is 14.8 Å². The molecule has 0 atom stereocenters. The molecule has 1 N–H and O–H groups in total. The summed E-state index contributed by atoms with van der Waals surface area (Å²) in [5.41, 5.74) is 1.74. The van der Waals surface area contributed by atoms with Gasteiger partial charge in [0.15, 0.2) is 5.75 Å². The van der Waals surface area contributed by atoms with E-state index in [9.17, 15) is 10.1 Å². The highest BCUT2D eigenvalue weighted by Gasteiger charge is 2.18. The molecule has 1 aromatic heterocycles. The molecule has 21 heavy (non-hydrogen) atoms. The van der Waals surface area contributed by atoms with Crippen LogP contribution in [-0.2, 0) is 20.3 Å². The number of halogens is 1. The maximum Gasteiger partial charge on any atom is 0.310 e. The Labute approximate surface area is 125 Å². The first kappa shape index (κ1) is 15.3. The third-order valence-corrected chi connectivity index (χ3v) is 3.52. The van der Waals surface area contributed by atoms with Crippen molar-refractivity contribution in [2.24, 2.45) is 7.05 Å². The van der Waals surface area contributed by atoms with Crippen LogP contribution >= 0.6 is 11.6 Å². The van der Waals surface area contributed by atoms with Gasteiger partial charge in [0.2, 0.25) is 0 Å². The molecule has 2 rings (SSSR count). The third kappa shape index (κ3) is 3.14. The van der Waals surface area contributed by atoms with Gasteiger partial charge in [-0.1, -0.05) is 11.6 Å². The second kappa shape index (κ2) is 6.11. The lowest BCUT2D eigenvalue weighted by atomic mass is 10.2. The van der Waals surface area contributed by atoms with Crippen molar-refractivity contribution in [2.75, 3.05) is 0 Å². The highest BCUT2D eigenvalue weighted by molar-refractivity contribution is 6.30. The van der Waals surface area contributed by atoms with Crippen molar-refractivity contribution in [1.29, 1.82) is 0 Å². The summed E-state index contributed by atoms with van der Waals surface area (Å²) in [6, 6.07) is 4.23. The monoisotopic (exact) mass is 311 g/mol. The molecule has 0 amide bonds. The van der Waals surface area contributed by atoms with E-state index < -0.39 is 4.92 Å². The second-order valence-corrected chi connectivity index (χ2v) is 4.84. The van der Waals surface area contributed by atoms with Gasteiger partial charge in [0.1, 0.15) is 11.8 Å². The molecule has 1 aromatic carbocycles. The maximum atomic E-state index is 11.0. The number of nitro groups is 1. The molecule has 0 spiro atoms. The molecule has 1 heterocycles. The molecule has 0 aliphatic heterocycles. The average molecular weight is 312 g/mol. The van der Waals surface area contributed by atoms with Crippen molar-refractivity contribution in [3.05, 3.63) is 50.3 Å². The van der Waals surface area contributed by atoms with Crippen LogP contribution in [0.5, 0.6) is 5.75 Å². The standard InChI is InChI=1S/C13H14ClN3O4/c1-8-10(13(14)16(2)15-8)7-21-12-5-9(6-18)3-4-11(12)17(19)20/h3-5,18H,6-7H2,1-2H3. The van der Waals surface area contributed by atoms with Gasteiger partial charge in [-0.05, 0) is 24.6 Å². The number of nitrogens with zero attached hydrogens (tertiary/aromatic N) is 3. The summed E-state index contributed by atoms with van der Waals surface area (Å²) in [6.07, 6.45) is 0. The SMILES string of the molecule is Cc1nn(C)c(Cl)c1COc1cc(CO)ccc1[N+](=O)[O-]. The van der Waals surface area contributed by atoms with E-state index in [1.165, 1.54) is 22.9 Å². The van der Waals surface area contributed by atoms with Gasteiger partial charge in [0, 0.05) is 18.7 Å². The molecule has 0 saturated heterocycles. The molecule has 8 heteroatoms. The van der Waals surface area contributed by atoms with Crippen molar-refractivity contribution in [2.45, 2.75) is 20.1 Å². The topological polar surface area (TPSA) is 90.4 Å². The molecule has 0 bridgehead atoms. The smallest absolute Gasteiger partial charge is 0.310 e. The highest BCUT2D eigenvalue weighted by atomic mass is 35.5. The summed E-state index contributed by atoms with van der Waals surface area (Å²) in [5.74, 6) is 0.0888. The van der Waals surface area contributed by atoms with Gasteiger partial charge in [-0.2, -0.15) is 5.10 Å². The average Bonchev–Trinajstić information content (AvgIpc) is 2.69. The normalized spacial score (nSPS) is 10.7. The van der Waals surface area contributed by atoms with Crippen LogP contribution in [0.15, 0.2) is 18.2 Å². The number of benzene rings is 1. The Morgan fingerprint density at radius 1 is 1.52 bits per heavy atom. The number of aromatic nitrogens is 2. The Kier molecular flexibility index (Phi) is 4.44. The van der Waals surface area contributed by atoms with Crippen LogP contribution in [0, 0.1) is 17.0 Å². The number of nitro benzene ring substituents is 1. The fourth-order valence-corrected chi connectivity index (χ4v) is 2.14. The van der Waals surface area contributed by atoms with Gasteiger partial charge in [-0.25, -0.2) is 0 Å². The Bertz CT molecular complexity index is 684. The minimum atomic E-state index is -0.534. The molecule has 0 radical (unpaired) electrons. The molecule has 2 aromatic rings.